The number of nitrogens with zero attached hydrogens (tertiary/aromatic N) is 1. The molecule has 2 amide bonds. The van der Waals surface area contributed by atoms with Crippen molar-refractivity contribution in [2.45, 2.75) is 6.04 Å². The van der Waals surface area contributed by atoms with Crippen molar-refractivity contribution < 1.29 is 14.3 Å². The summed E-state index contributed by atoms with van der Waals surface area (Å²) in [6.07, 6.45) is 1.53. The monoisotopic (exact) mass is 331 g/mol. The van der Waals surface area contributed by atoms with Crippen molar-refractivity contribution >= 4 is 17.6 Å². The van der Waals surface area contributed by atoms with E-state index in [4.69, 9.17) is 4.74 Å². The first-order valence-corrected chi connectivity index (χ1v) is 7.55. The Kier molecular flexibility index (Phi) is 6.93. The SMILES string of the molecule is COCCNCC(=O)NC(C(=O)Nc1ccn[nH]1)c1ccccc1. The Labute approximate surface area is 140 Å². The molecule has 0 saturated heterocycles. The number of nitrogens with one attached hydrogen (secondary N) is 4. The number of hydrogen-bond acceptors (Lipinski definition) is 5. The number of hydrogen-bond donors (Lipinski definition) is 4. The van der Waals surface area contributed by atoms with Crippen molar-refractivity contribution in [3.05, 3.63) is 48.2 Å². The van der Waals surface area contributed by atoms with Crippen molar-refractivity contribution in [2.75, 3.05) is 32.1 Å². The van der Waals surface area contributed by atoms with Gasteiger partial charge in [0.1, 0.15) is 11.9 Å². The first-order chi connectivity index (χ1) is 11.7. The topological polar surface area (TPSA) is 108 Å². The molecule has 0 bridgehead atoms. The number of anilines is 1. The molecule has 2 rings (SSSR count). The van der Waals surface area contributed by atoms with Crippen LogP contribution in [-0.4, -0.2) is 48.8 Å². The molecule has 0 radical (unpaired) electrons. The molecular formula is C16H21N5O3. The van der Waals surface area contributed by atoms with Crippen LogP contribution in [0.25, 0.3) is 0 Å². The first kappa shape index (κ1) is 17.6. The van der Waals surface area contributed by atoms with E-state index in [2.05, 4.69) is 26.1 Å². The molecule has 1 aromatic heterocycles. The summed E-state index contributed by atoms with van der Waals surface area (Å²) in [6.45, 7) is 1.17. The van der Waals surface area contributed by atoms with E-state index in [1.54, 1.807) is 25.3 Å². The maximum Gasteiger partial charge on any atom is 0.252 e. The maximum atomic E-state index is 12.5. The number of rotatable bonds is 9. The zero-order chi connectivity index (χ0) is 17.2. The highest BCUT2D eigenvalue weighted by atomic mass is 16.5. The van der Waals surface area contributed by atoms with E-state index in [0.717, 1.165) is 0 Å². The summed E-state index contributed by atoms with van der Waals surface area (Å²) in [5, 5.41) is 14.8. The van der Waals surface area contributed by atoms with E-state index in [-0.39, 0.29) is 18.4 Å². The second kappa shape index (κ2) is 9.43. The molecule has 0 fully saturated rings. The molecule has 1 unspecified atom stereocenters. The highest BCUT2D eigenvalue weighted by Gasteiger charge is 2.22. The molecular weight excluding hydrogens is 310 g/mol. The first-order valence-electron chi connectivity index (χ1n) is 7.55. The lowest BCUT2D eigenvalue weighted by Crippen LogP contribution is -2.41. The number of amides is 2. The van der Waals surface area contributed by atoms with Crippen molar-refractivity contribution in [3.8, 4) is 0 Å². The van der Waals surface area contributed by atoms with Gasteiger partial charge in [-0.25, -0.2) is 0 Å². The number of carbonyl (C=O) groups is 2. The average molecular weight is 331 g/mol. The molecule has 128 valence electrons. The van der Waals surface area contributed by atoms with Crippen LogP contribution in [0.3, 0.4) is 0 Å². The van der Waals surface area contributed by atoms with Gasteiger partial charge in [-0.05, 0) is 5.56 Å². The van der Waals surface area contributed by atoms with Crippen LogP contribution in [-0.2, 0) is 14.3 Å². The van der Waals surface area contributed by atoms with Gasteiger partial charge < -0.3 is 20.7 Å². The molecule has 8 nitrogen and oxygen atoms in total. The maximum absolute atomic E-state index is 12.5. The van der Waals surface area contributed by atoms with Crippen molar-refractivity contribution in [1.29, 1.82) is 0 Å². The fourth-order valence-corrected chi connectivity index (χ4v) is 2.06. The summed E-state index contributed by atoms with van der Waals surface area (Å²) in [6, 6.07) is 9.89. The van der Waals surface area contributed by atoms with E-state index in [9.17, 15) is 9.59 Å². The van der Waals surface area contributed by atoms with Crippen molar-refractivity contribution in [3.63, 3.8) is 0 Å². The summed E-state index contributed by atoms with van der Waals surface area (Å²) in [5.74, 6) is -0.163. The summed E-state index contributed by atoms with van der Waals surface area (Å²) in [7, 11) is 1.59. The minimum Gasteiger partial charge on any atom is -0.383 e. The van der Waals surface area contributed by atoms with Crippen LogP contribution >= 0.6 is 0 Å². The van der Waals surface area contributed by atoms with Crippen LogP contribution in [0.1, 0.15) is 11.6 Å². The number of ether oxygens (including phenoxy) is 1. The standard InChI is InChI=1S/C16H21N5O3/c1-24-10-9-17-11-14(22)20-15(12-5-3-2-4-6-12)16(23)19-13-7-8-18-21-13/h2-8,15,17H,9-11H2,1H3,(H,20,22)(H2,18,19,21,23). The lowest BCUT2D eigenvalue weighted by molar-refractivity contribution is -0.126. The Morgan fingerprint density at radius 2 is 2.04 bits per heavy atom. The van der Waals surface area contributed by atoms with Gasteiger partial charge in [-0.3, -0.25) is 14.7 Å². The largest absolute Gasteiger partial charge is 0.383 e. The molecule has 2 aromatic rings. The Morgan fingerprint density at radius 3 is 2.71 bits per heavy atom. The van der Waals surface area contributed by atoms with Gasteiger partial charge in [0.25, 0.3) is 5.91 Å². The zero-order valence-corrected chi connectivity index (χ0v) is 13.4. The van der Waals surface area contributed by atoms with Gasteiger partial charge in [-0.1, -0.05) is 30.3 Å². The normalized spacial score (nSPS) is 11.7. The van der Waals surface area contributed by atoms with E-state index in [0.29, 0.717) is 24.5 Å². The quantitative estimate of drug-likeness (QED) is 0.499. The van der Waals surface area contributed by atoms with Gasteiger partial charge >= 0.3 is 0 Å². The van der Waals surface area contributed by atoms with Crippen LogP contribution < -0.4 is 16.0 Å². The molecule has 1 atom stereocenters. The van der Waals surface area contributed by atoms with Crippen LogP contribution in [0.2, 0.25) is 0 Å². The molecule has 0 aliphatic carbocycles. The molecule has 0 aliphatic rings. The van der Waals surface area contributed by atoms with E-state index in [1.165, 1.54) is 6.20 Å². The Morgan fingerprint density at radius 1 is 1.25 bits per heavy atom. The number of methoxy groups -OCH3 is 1. The lowest BCUT2D eigenvalue weighted by atomic mass is 10.1. The van der Waals surface area contributed by atoms with Crippen LogP contribution in [0.5, 0.6) is 0 Å². The number of carbonyl (C=O) groups excluding carboxylic acids is 2. The molecule has 4 N–H and O–H groups in total. The molecule has 1 aromatic carbocycles. The highest BCUT2D eigenvalue weighted by Crippen LogP contribution is 2.15. The predicted molar refractivity (Wildman–Crippen MR) is 89.3 cm³/mol. The fraction of sp³-hybridized carbons (Fsp3) is 0.312. The smallest absolute Gasteiger partial charge is 0.252 e. The zero-order valence-electron chi connectivity index (χ0n) is 13.4. The fourth-order valence-electron chi connectivity index (χ4n) is 2.06. The Bertz CT molecular complexity index is 630. The minimum absolute atomic E-state index is 0.101. The van der Waals surface area contributed by atoms with Crippen LogP contribution in [0, 0.1) is 0 Å². The highest BCUT2D eigenvalue weighted by molar-refractivity contribution is 5.97. The van der Waals surface area contributed by atoms with Gasteiger partial charge in [-0.15, -0.1) is 0 Å². The number of aromatic amines is 1. The predicted octanol–water partition coefficient (Wildman–Crippen LogP) is 0.442. The minimum atomic E-state index is -0.800. The summed E-state index contributed by atoms with van der Waals surface area (Å²) < 4.78 is 4.90. The molecule has 24 heavy (non-hydrogen) atoms. The second-order valence-corrected chi connectivity index (χ2v) is 5.04. The molecule has 0 spiro atoms. The number of aromatic nitrogens is 2. The Balaban J connectivity index is 2.00. The summed E-state index contributed by atoms with van der Waals surface area (Å²) >= 11 is 0. The number of benzene rings is 1. The average Bonchev–Trinajstić information content (AvgIpc) is 3.10. The summed E-state index contributed by atoms with van der Waals surface area (Å²) in [5.41, 5.74) is 0.694. The van der Waals surface area contributed by atoms with Crippen LogP contribution in [0.4, 0.5) is 5.82 Å². The van der Waals surface area contributed by atoms with Gasteiger partial charge in [-0.2, -0.15) is 5.10 Å². The van der Waals surface area contributed by atoms with Gasteiger partial charge in [0.15, 0.2) is 0 Å². The number of H-pyrrole nitrogens is 1. The van der Waals surface area contributed by atoms with Crippen molar-refractivity contribution in [2.24, 2.45) is 0 Å². The third-order valence-electron chi connectivity index (χ3n) is 3.23. The van der Waals surface area contributed by atoms with Crippen LogP contribution in [0.15, 0.2) is 42.6 Å². The molecule has 0 aliphatic heterocycles. The van der Waals surface area contributed by atoms with E-state index < -0.39 is 6.04 Å². The van der Waals surface area contributed by atoms with E-state index in [1.807, 2.05) is 18.2 Å². The third kappa shape index (κ3) is 5.49. The molecule has 0 saturated carbocycles. The lowest BCUT2D eigenvalue weighted by Gasteiger charge is -2.18. The van der Waals surface area contributed by atoms with Gasteiger partial charge in [0.05, 0.1) is 19.3 Å². The second-order valence-electron chi connectivity index (χ2n) is 5.04. The Hall–Kier alpha value is -2.71. The third-order valence-corrected chi connectivity index (χ3v) is 3.23. The summed E-state index contributed by atoms with van der Waals surface area (Å²) in [4.78, 5) is 24.6. The molecule has 8 heteroatoms. The van der Waals surface area contributed by atoms with Gasteiger partial charge in [0.2, 0.25) is 5.91 Å². The van der Waals surface area contributed by atoms with Gasteiger partial charge in [0, 0.05) is 19.7 Å². The van der Waals surface area contributed by atoms with E-state index >= 15 is 0 Å². The van der Waals surface area contributed by atoms with Crippen molar-refractivity contribution in [1.82, 2.24) is 20.8 Å². The molecule has 1 heterocycles.